The van der Waals surface area contributed by atoms with Crippen molar-refractivity contribution in [2.45, 2.75) is 12.4 Å². The fraction of sp³-hybridized carbons (Fsp3) is 0.143. The highest BCUT2D eigenvalue weighted by atomic mass is 79.9. The van der Waals surface area contributed by atoms with E-state index in [1.807, 2.05) is 0 Å². The second-order valence-corrected chi connectivity index (χ2v) is 5.06. The standard InChI is InChI=1S/C14H7BrF6/c15-11-7-3-5-9(12(11)14(19,20)21)8-4-1-2-6-10(8)13(16,17)18/h1-7H. The number of halogens is 7. The fourth-order valence-corrected chi connectivity index (χ4v) is 2.59. The summed E-state index contributed by atoms with van der Waals surface area (Å²) in [6, 6.07) is 7.63. The van der Waals surface area contributed by atoms with Crippen molar-refractivity contribution in [3.8, 4) is 11.1 Å². The second kappa shape index (κ2) is 5.36. The van der Waals surface area contributed by atoms with Crippen molar-refractivity contribution >= 4 is 15.9 Å². The third-order valence-electron chi connectivity index (χ3n) is 2.82. The van der Waals surface area contributed by atoms with E-state index in [1.54, 1.807) is 0 Å². The van der Waals surface area contributed by atoms with Gasteiger partial charge in [0.2, 0.25) is 0 Å². The van der Waals surface area contributed by atoms with Crippen molar-refractivity contribution in [2.75, 3.05) is 0 Å². The van der Waals surface area contributed by atoms with Crippen molar-refractivity contribution in [3.63, 3.8) is 0 Å². The van der Waals surface area contributed by atoms with Crippen LogP contribution in [0.25, 0.3) is 11.1 Å². The number of benzene rings is 2. The van der Waals surface area contributed by atoms with E-state index in [1.165, 1.54) is 12.1 Å². The highest BCUT2D eigenvalue weighted by Crippen LogP contribution is 2.44. The summed E-state index contributed by atoms with van der Waals surface area (Å²) in [6.07, 6.45) is -9.50. The maximum absolute atomic E-state index is 13.1. The van der Waals surface area contributed by atoms with Gasteiger partial charge in [0.1, 0.15) is 0 Å². The molecule has 0 atom stereocenters. The first-order chi connectivity index (χ1) is 9.62. The van der Waals surface area contributed by atoms with Crippen LogP contribution < -0.4 is 0 Å². The molecule has 0 nitrogen and oxygen atoms in total. The van der Waals surface area contributed by atoms with Gasteiger partial charge in [0.15, 0.2) is 0 Å². The van der Waals surface area contributed by atoms with Crippen molar-refractivity contribution in [2.24, 2.45) is 0 Å². The molecule has 0 fully saturated rings. The van der Waals surface area contributed by atoms with Crippen LogP contribution in [0.1, 0.15) is 11.1 Å². The minimum Gasteiger partial charge on any atom is -0.166 e. The van der Waals surface area contributed by atoms with Crippen LogP contribution >= 0.6 is 15.9 Å². The summed E-state index contributed by atoms with van der Waals surface area (Å²) in [5.74, 6) is 0. The molecule has 112 valence electrons. The summed E-state index contributed by atoms with van der Waals surface area (Å²) >= 11 is 2.75. The molecule has 0 unspecified atom stereocenters. The lowest BCUT2D eigenvalue weighted by Crippen LogP contribution is -2.11. The van der Waals surface area contributed by atoms with Gasteiger partial charge in [0.05, 0.1) is 11.1 Å². The maximum Gasteiger partial charge on any atom is 0.418 e. The Morgan fingerprint density at radius 3 is 1.81 bits per heavy atom. The Bertz CT molecular complexity index is 657. The van der Waals surface area contributed by atoms with Gasteiger partial charge < -0.3 is 0 Å². The number of hydrogen-bond donors (Lipinski definition) is 0. The average Bonchev–Trinajstić information content (AvgIpc) is 2.36. The van der Waals surface area contributed by atoms with E-state index < -0.39 is 34.6 Å². The van der Waals surface area contributed by atoms with Crippen LogP contribution in [0.3, 0.4) is 0 Å². The van der Waals surface area contributed by atoms with Crippen LogP contribution in [-0.4, -0.2) is 0 Å². The van der Waals surface area contributed by atoms with E-state index in [0.717, 1.165) is 30.3 Å². The Morgan fingerprint density at radius 2 is 1.24 bits per heavy atom. The predicted molar refractivity (Wildman–Crippen MR) is 69.6 cm³/mol. The van der Waals surface area contributed by atoms with Crippen LogP contribution in [0.15, 0.2) is 46.9 Å². The largest absolute Gasteiger partial charge is 0.418 e. The molecule has 2 aromatic rings. The van der Waals surface area contributed by atoms with Crippen molar-refractivity contribution in [1.82, 2.24) is 0 Å². The minimum absolute atomic E-state index is 0.301. The molecule has 0 heterocycles. The zero-order chi connectivity index (χ0) is 15.8. The summed E-state index contributed by atoms with van der Waals surface area (Å²) in [7, 11) is 0. The quantitative estimate of drug-likeness (QED) is 0.529. The molecule has 0 aliphatic carbocycles. The van der Waals surface area contributed by atoms with Gasteiger partial charge in [-0.25, -0.2) is 0 Å². The molecule has 0 aliphatic rings. The van der Waals surface area contributed by atoms with Crippen LogP contribution in [-0.2, 0) is 12.4 Å². The zero-order valence-electron chi connectivity index (χ0n) is 10.2. The molecule has 0 amide bonds. The summed E-state index contributed by atoms with van der Waals surface area (Å²) in [5, 5.41) is 0. The topological polar surface area (TPSA) is 0 Å². The van der Waals surface area contributed by atoms with Crippen LogP contribution in [0.4, 0.5) is 26.3 Å². The molecule has 0 bridgehead atoms. The first-order valence-corrected chi connectivity index (χ1v) is 6.44. The molecule has 2 aromatic carbocycles. The summed E-state index contributed by atoms with van der Waals surface area (Å²) < 4.78 is 77.9. The fourth-order valence-electron chi connectivity index (χ4n) is 2.00. The number of alkyl halides is 6. The lowest BCUT2D eigenvalue weighted by molar-refractivity contribution is -0.139. The summed E-state index contributed by atoms with van der Waals surface area (Å²) in [6.45, 7) is 0. The van der Waals surface area contributed by atoms with Crippen LogP contribution in [0.2, 0.25) is 0 Å². The van der Waals surface area contributed by atoms with Gasteiger partial charge in [-0.1, -0.05) is 46.3 Å². The van der Waals surface area contributed by atoms with Gasteiger partial charge in [-0.3, -0.25) is 0 Å². The minimum atomic E-state index is -4.77. The summed E-state index contributed by atoms with van der Waals surface area (Å²) in [4.78, 5) is 0. The van der Waals surface area contributed by atoms with Crippen molar-refractivity contribution in [3.05, 3.63) is 58.1 Å². The maximum atomic E-state index is 13.1. The third-order valence-corrected chi connectivity index (χ3v) is 3.48. The molecule has 7 heteroatoms. The highest BCUT2D eigenvalue weighted by Gasteiger charge is 2.39. The average molecular weight is 369 g/mol. The SMILES string of the molecule is FC(F)(F)c1ccccc1-c1cccc(Br)c1C(F)(F)F. The Hall–Kier alpha value is -1.50. The molecule has 0 aliphatic heterocycles. The molecular formula is C14H7BrF6. The van der Waals surface area contributed by atoms with E-state index in [4.69, 9.17) is 0 Å². The van der Waals surface area contributed by atoms with Crippen LogP contribution in [0, 0.1) is 0 Å². The monoisotopic (exact) mass is 368 g/mol. The molecule has 0 saturated carbocycles. The van der Waals surface area contributed by atoms with Gasteiger partial charge >= 0.3 is 12.4 Å². The highest BCUT2D eigenvalue weighted by molar-refractivity contribution is 9.10. The Labute approximate surface area is 124 Å². The molecule has 0 saturated heterocycles. The molecular weight excluding hydrogens is 362 g/mol. The lowest BCUT2D eigenvalue weighted by atomic mass is 9.95. The van der Waals surface area contributed by atoms with Gasteiger partial charge in [-0.05, 0) is 23.3 Å². The molecule has 0 aromatic heterocycles. The lowest BCUT2D eigenvalue weighted by Gasteiger charge is -2.18. The van der Waals surface area contributed by atoms with E-state index in [2.05, 4.69) is 15.9 Å². The molecule has 0 N–H and O–H groups in total. The third kappa shape index (κ3) is 3.23. The first-order valence-electron chi connectivity index (χ1n) is 5.64. The normalized spacial score (nSPS) is 12.5. The smallest absolute Gasteiger partial charge is 0.166 e. The van der Waals surface area contributed by atoms with Gasteiger partial charge in [-0.15, -0.1) is 0 Å². The number of hydrogen-bond acceptors (Lipinski definition) is 0. The molecule has 0 radical (unpaired) electrons. The molecule has 21 heavy (non-hydrogen) atoms. The molecule has 0 spiro atoms. The first kappa shape index (κ1) is 15.9. The van der Waals surface area contributed by atoms with Gasteiger partial charge in [0.25, 0.3) is 0 Å². The van der Waals surface area contributed by atoms with Crippen molar-refractivity contribution < 1.29 is 26.3 Å². The van der Waals surface area contributed by atoms with E-state index in [-0.39, 0.29) is 4.47 Å². The number of rotatable bonds is 1. The van der Waals surface area contributed by atoms with Gasteiger partial charge in [0, 0.05) is 4.47 Å². The van der Waals surface area contributed by atoms with E-state index >= 15 is 0 Å². The second-order valence-electron chi connectivity index (χ2n) is 4.20. The Balaban J connectivity index is 2.79. The van der Waals surface area contributed by atoms with Crippen LogP contribution in [0.5, 0.6) is 0 Å². The van der Waals surface area contributed by atoms with Crippen molar-refractivity contribution in [1.29, 1.82) is 0 Å². The molecule has 2 rings (SSSR count). The predicted octanol–water partition coefficient (Wildman–Crippen LogP) is 6.15. The Kier molecular flexibility index (Phi) is 4.06. The Morgan fingerprint density at radius 1 is 0.667 bits per heavy atom. The summed E-state index contributed by atoms with van der Waals surface area (Å²) in [5.41, 5.74) is -3.24. The van der Waals surface area contributed by atoms with Gasteiger partial charge in [-0.2, -0.15) is 26.3 Å². The van der Waals surface area contributed by atoms with E-state index in [9.17, 15) is 26.3 Å². The van der Waals surface area contributed by atoms with E-state index in [0.29, 0.717) is 0 Å². The zero-order valence-corrected chi connectivity index (χ0v) is 11.8.